The molecule has 2 nitrogen and oxygen atoms in total. The summed E-state index contributed by atoms with van der Waals surface area (Å²) in [5, 5.41) is 0. The fraction of sp³-hybridized carbons (Fsp3) is 0.625. The van der Waals surface area contributed by atoms with Crippen LogP contribution in [0.15, 0.2) is 18.2 Å². The molecule has 0 bridgehead atoms. The highest BCUT2D eigenvalue weighted by Crippen LogP contribution is 2.35. The Balaban J connectivity index is 2.43. The predicted octanol–water partition coefficient (Wildman–Crippen LogP) is 3.72. The Morgan fingerprint density at radius 1 is 1.32 bits per heavy atom. The number of rotatable bonds is 2. The van der Waals surface area contributed by atoms with E-state index in [1.54, 1.807) is 6.07 Å². The summed E-state index contributed by atoms with van der Waals surface area (Å²) in [6, 6.07) is 5.44. The monoisotopic (exact) mass is 264 g/mol. The van der Waals surface area contributed by atoms with Crippen molar-refractivity contribution in [1.29, 1.82) is 0 Å². The van der Waals surface area contributed by atoms with E-state index < -0.39 is 0 Å². The average molecular weight is 264 g/mol. The molecule has 1 heterocycles. The van der Waals surface area contributed by atoms with E-state index in [9.17, 15) is 4.39 Å². The minimum Gasteiger partial charge on any atom is -0.368 e. The highest BCUT2D eigenvalue weighted by atomic mass is 19.1. The van der Waals surface area contributed by atoms with E-state index in [4.69, 9.17) is 5.73 Å². The maximum Gasteiger partial charge on any atom is 0.130 e. The van der Waals surface area contributed by atoms with Crippen LogP contribution in [0, 0.1) is 17.7 Å². The fourth-order valence-corrected chi connectivity index (χ4v) is 3.26. The molecule has 1 aromatic carbocycles. The van der Waals surface area contributed by atoms with Crippen molar-refractivity contribution in [2.75, 3.05) is 11.4 Å². The van der Waals surface area contributed by atoms with Crippen LogP contribution in [0.4, 0.5) is 10.1 Å². The van der Waals surface area contributed by atoms with Gasteiger partial charge in [0.15, 0.2) is 0 Å². The van der Waals surface area contributed by atoms with Crippen molar-refractivity contribution in [2.24, 2.45) is 17.6 Å². The molecule has 0 spiro atoms. The van der Waals surface area contributed by atoms with Crippen molar-refractivity contribution in [3.8, 4) is 0 Å². The van der Waals surface area contributed by atoms with Crippen molar-refractivity contribution in [3.05, 3.63) is 29.6 Å². The highest BCUT2D eigenvalue weighted by Gasteiger charge is 2.31. The van der Waals surface area contributed by atoms with Crippen molar-refractivity contribution >= 4 is 5.69 Å². The van der Waals surface area contributed by atoms with Gasteiger partial charge in [-0.1, -0.05) is 19.9 Å². The van der Waals surface area contributed by atoms with Crippen LogP contribution < -0.4 is 10.6 Å². The van der Waals surface area contributed by atoms with Crippen LogP contribution in [0.1, 0.15) is 45.7 Å². The smallest absolute Gasteiger partial charge is 0.130 e. The molecular weight excluding hydrogens is 239 g/mol. The molecule has 4 atom stereocenters. The summed E-state index contributed by atoms with van der Waals surface area (Å²) in [7, 11) is 0. The molecule has 1 fully saturated rings. The topological polar surface area (TPSA) is 29.3 Å². The SMILES string of the molecule is CC1CC(C)C(C)N(c2cccc(F)c2C(C)N)C1. The first-order chi connectivity index (χ1) is 8.91. The van der Waals surface area contributed by atoms with Gasteiger partial charge in [-0.15, -0.1) is 0 Å². The number of nitrogens with zero attached hydrogens (tertiary/aromatic N) is 1. The van der Waals surface area contributed by atoms with E-state index in [0.29, 0.717) is 23.4 Å². The summed E-state index contributed by atoms with van der Waals surface area (Å²) in [6.07, 6.45) is 1.24. The van der Waals surface area contributed by atoms with Gasteiger partial charge in [0.25, 0.3) is 0 Å². The first kappa shape index (κ1) is 14.3. The number of halogens is 1. The molecule has 1 aliphatic rings. The third-order valence-electron chi connectivity index (χ3n) is 4.39. The zero-order valence-corrected chi connectivity index (χ0v) is 12.4. The average Bonchev–Trinajstić information content (AvgIpc) is 2.33. The van der Waals surface area contributed by atoms with Gasteiger partial charge in [0.2, 0.25) is 0 Å². The molecule has 1 aliphatic heterocycles. The summed E-state index contributed by atoms with van der Waals surface area (Å²) < 4.78 is 14.1. The lowest BCUT2D eigenvalue weighted by Crippen LogP contribution is -2.46. The normalized spacial score (nSPS) is 29.4. The first-order valence-corrected chi connectivity index (χ1v) is 7.22. The van der Waals surface area contributed by atoms with E-state index in [-0.39, 0.29) is 11.9 Å². The van der Waals surface area contributed by atoms with Gasteiger partial charge in [-0.3, -0.25) is 0 Å². The van der Waals surface area contributed by atoms with Crippen LogP contribution in [-0.4, -0.2) is 12.6 Å². The second kappa shape index (κ2) is 5.49. The van der Waals surface area contributed by atoms with Crippen molar-refractivity contribution in [3.63, 3.8) is 0 Å². The number of piperidine rings is 1. The molecule has 4 unspecified atom stereocenters. The molecule has 0 saturated carbocycles. The minimum atomic E-state index is -0.282. The van der Waals surface area contributed by atoms with E-state index in [0.717, 1.165) is 12.2 Å². The number of benzene rings is 1. The second-order valence-corrected chi connectivity index (χ2v) is 6.17. The molecule has 2 N–H and O–H groups in total. The first-order valence-electron chi connectivity index (χ1n) is 7.22. The van der Waals surface area contributed by atoms with Gasteiger partial charge in [0.1, 0.15) is 5.82 Å². The van der Waals surface area contributed by atoms with Crippen LogP contribution in [0.25, 0.3) is 0 Å². The van der Waals surface area contributed by atoms with Gasteiger partial charge in [-0.05, 0) is 44.2 Å². The molecule has 19 heavy (non-hydrogen) atoms. The predicted molar refractivity (Wildman–Crippen MR) is 78.8 cm³/mol. The third kappa shape index (κ3) is 2.76. The Hall–Kier alpha value is -1.09. The van der Waals surface area contributed by atoms with E-state index in [2.05, 4.69) is 25.7 Å². The highest BCUT2D eigenvalue weighted by molar-refractivity contribution is 5.56. The Labute approximate surface area is 115 Å². The Kier molecular flexibility index (Phi) is 4.14. The summed E-state index contributed by atoms with van der Waals surface area (Å²) in [5.74, 6) is 1.06. The molecule has 0 aliphatic carbocycles. The van der Waals surface area contributed by atoms with Gasteiger partial charge >= 0.3 is 0 Å². The molecule has 0 amide bonds. The molecule has 0 aromatic heterocycles. The molecule has 1 aromatic rings. The van der Waals surface area contributed by atoms with Gasteiger partial charge < -0.3 is 10.6 Å². The fourth-order valence-electron chi connectivity index (χ4n) is 3.26. The van der Waals surface area contributed by atoms with Crippen molar-refractivity contribution in [2.45, 2.75) is 46.2 Å². The molecule has 2 rings (SSSR count). The van der Waals surface area contributed by atoms with Crippen LogP contribution in [-0.2, 0) is 0 Å². The third-order valence-corrected chi connectivity index (χ3v) is 4.39. The molecule has 1 saturated heterocycles. The lowest BCUT2D eigenvalue weighted by Gasteiger charge is -2.43. The lowest BCUT2D eigenvalue weighted by molar-refractivity contribution is 0.296. The zero-order valence-electron chi connectivity index (χ0n) is 12.4. The van der Waals surface area contributed by atoms with Crippen LogP contribution in [0.2, 0.25) is 0 Å². The van der Waals surface area contributed by atoms with E-state index >= 15 is 0 Å². The lowest BCUT2D eigenvalue weighted by atomic mass is 9.85. The van der Waals surface area contributed by atoms with Crippen molar-refractivity contribution < 1.29 is 4.39 Å². The maximum atomic E-state index is 14.1. The number of nitrogens with two attached hydrogens (primary N) is 1. The van der Waals surface area contributed by atoms with E-state index in [1.165, 1.54) is 12.5 Å². The van der Waals surface area contributed by atoms with Crippen LogP contribution in [0.3, 0.4) is 0 Å². The van der Waals surface area contributed by atoms with Gasteiger partial charge in [0.05, 0.1) is 0 Å². The van der Waals surface area contributed by atoms with Crippen molar-refractivity contribution in [1.82, 2.24) is 0 Å². The number of hydrogen-bond acceptors (Lipinski definition) is 2. The van der Waals surface area contributed by atoms with Crippen LogP contribution >= 0.6 is 0 Å². The maximum absolute atomic E-state index is 14.1. The van der Waals surface area contributed by atoms with Crippen LogP contribution in [0.5, 0.6) is 0 Å². The molecular formula is C16H25FN2. The molecule has 106 valence electrons. The number of anilines is 1. The standard InChI is InChI=1S/C16H25FN2/c1-10-8-11(2)13(4)19(9-10)15-7-5-6-14(17)16(15)12(3)18/h5-7,10-13H,8-9,18H2,1-4H3. The van der Waals surface area contributed by atoms with Gasteiger partial charge in [-0.25, -0.2) is 4.39 Å². The van der Waals surface area contributed by atoms with Gasteiger partial charge in [0, 0.05) is 29.9 Å². The summed E-state index contributed by atoms with van der Waals surface area (Å²) in [5.41, 5.74) is 7.59. The second-order valence-electron chi connectivity index (χ2n) is 6.17. The quantitative estimate of drug-likeness (QED) is 0.882. The zero-order chi connectivity index (χ0) is 14.2. The Morgan fingerprint density at radius 2 is 2.00 bits per heavy atom. The Bertz CT molecular complexity index is 444. The number of hydrogen-bond donors (Lipinski definition) is 1. The van der Waals surface area contributed by atoms with Gasteiger partial charge in [-0.2, -0.15) is 0 Å². The Morgan fingerprint density at radius 3 is 2.63 bits per heavy atom. The van der Waals surface area contributed by atoms with E-state index in [1.807, 2.05) is 13.0 Å². The summed E-state index contributed by atoms with van der Waals surface area (Å²) in [4.78, 5) is 2.33. The molecule has 0 radical (unpaired) electrons. The summed E-state index contributed by atoms with van der Waals surface area (Å²) in [6.45, 7) is 9.60. The molecule has 3 heteroatoms. The largest absolute Gasteiger partial charge is 0.368 e. The minimum absolute atomic E-state index is 0.189. The summed E-state index contributed by atoms with van der Waals surface area (Å²) >= 11 is 0.